The zero-order valence-corrected chi connectivity index (χ0v) is 16.1. The normalized spacial score (nSPS) is 22.6. The summed E-state index contributed by atoms with van der Waals surface area (Å²) in [6.45, 7) is 6.71. The Kier molecular flexibility index (Phi) is 5.45. The molecule has 0 bridgehead atoms. The van der Waals surface area contributed by atoms with Crippen molar-refractivity contribution < 1.29 is 23.5 Å². The molecule has 0 spiro atoms. The van der Waals surface area contributed by atoms with E-state index < -0.39 is 5.60 Å². The van der Waals surface area contributed by atoms with Crippen molar-refractivity contribution in [1.82, 2.24) is 15.1 Å². The Morgan fingerprint density at radius 1 is 1.21 bits per heavy atom. The van der Waals surface area contributed by atoms with Crippen LogP contribution in [-0.2, 0) is 15.2 Å². The molecule has 1 aromatic carbocycles. The molecule has 9 heteroatoms. The molecule has 1 atom stereocenters. The van der Waals surface area contributed by atoms with Gasteiger partial charge in [-0.3, -0.25) is 4.90 Å². The van der Waals surface area contributed by atoms with E-state index in [1.807, 2.05) is 25.1 Å². The van der Waals surface area contributed by atoms with Crippen LogP contribution in [0.15, 0.2) is 34.2 Å². The first-order valence-corrected chi connectivity index (χ1v) is 9.31. The van der Waals surface area contributed by atoms with Gasteiger partial charge in [0.05, 0.1) is 26.0 Å². The van der Waals surface area contributed by atoms with Crippen LogP contribution in [0.2, 0.25) is 0 Å². The van der Waals surface area contributed by atoms with Gasteiger partial charge in [-0.1, -0.05) is 5.16 Å². The Morgan fingerprint density at radius 3 is 2.82 bits per heavy atom. The number of morpholine rings is 1. The SMILES string of the molecule is COc1ccc(C2=NOC(C)(c3nnco3)C2)cc1OCCN1CCOCC1. The molecule has 1 unspecified atom stereocenters. The fourth-order valence-electron chi connectivity index (χ4n) is 3.29. The molecule has 2 aliphatic heterocycles. The minimum absolute atomic E-state index is 0.404. The number of hydrogen-bond acceptors (Lipinski definition) is 9. The number of benzene rings is 1. The van der Waals surface area contributed by atoms with E-state index in [0.717, 1.165) is 44.1 Å². The number of aromatic nitrogens is 2. The summed E-state index contributed by atoms with van der Waals surface area (Å²) < 4.78 is 22.1. The van der Waals surface area contributed by atoms with Crippen LogP contribution < -0.4 is 9.47 Å². The maximum Gasteiger partial charge on any atom is 0.262 e. The van der Waals surface area contributed by atoms with Crippen molar-refractivity contribution in [3.8, 4) is 11.5 Å². The fraction of sp³-hybridized carbons (Fsp3) is 0.526. The molecule has 150 valence electrons. The van der Waals surface area contributed by atoms with Gasteiger partial charge in [-0.25, -0.2) is 0 Å². The van der Waals surface area contributed by atoms with Crippen molar-refractivity contribution in [2.45, 2.75) is 18.9 Å². The standard InChI is InChI=1S/C19H24N4O5/c1-19(18-21-20-13-27-18)12-15(22-28-19)14-3-4-16(24-2)17(11-14)26-10-7-23-5-8-25-9-6-23/h3-4,11,13H,5-10,12H2,1-2H3. The molecular weight excluding hydrogens is 364 g/mol. The number of oxime groups is 1. The number of rotatable bonds is 7. The summed E-state index contributed by atoms with van der Waals surface area (Å²) >= 11 is 0. The van der Waals surface area contributed by atoms with Crippen LogP contribution in [0.25, 0.3) is 0 Å². The van der Waals surface area contributed by atoms with Crippen LogP contribution >= 0.6 is 0 Å². The summed E-state index contributed by atoms with van der Waals surface area (Å²) in [6, 6.07) is 5.75. The van der Waals surface area contributed by atoms with E-state index in [2.05, 4.69) is 20.3 Å². The molecule has 0 aliphatic carbocycles. The second-order valence-electron chi connectivity index (χ2n) is 6.95. The van der Waals surface area contributed by atoms with Crippen LogP contribution in [0.3, 0.4) is 0 Å². The highest BCUT2D eigenvalue weighted by molar-refractivity contribution is 6.02. The lowest BCUT2D eigenvalue weighted by Crippen LogP contribution is -2.38. The highest BCUT2D eigenvalue weighted by Gasteiger charge is 2.41. The first-order valence-electron chi connectivity index (χ1n) is 9.31. The van der Waals surface area contributed by atoms with Crippen LogP contribution in [0, 0.1) is 0 Å². The highest BCUT2D eigenvalue weighted by Crippen LogP contribution is 2.36. The van der Waals surface area contributed by atoms with Gasteiger partial charge in [0.15, 0.2) is 11.5 Å². The van der Waals surface area contributed by atoms with Crippen molar-refractivity contribution in [2.75, 3.05) is 46.6 Å². The van der Waals surface area contributed by atoms with Crippen molar-refractivity contribution in [3.63, 3.8) is 0 Å². The molecule has 28 heavy (non-hydrogen) atoms. The van der Waals surface area contributed by atoms with E-state index in [1.54, 1.807) is 7.11 Å². The molecule has 9 nitrogen and oxygen atoms in total. The molecule has 1 aromatic heterocycles. The summed E-state index contributed by atoms with van der Waals surface area (Å²) in [5, 5.41) is 11.9. The molecule has 4 rings (SSSR count). The average molecular weight is 388 g/mol. The molecule has 0 saturated carbocycles. The van der Waals surface area contributed by atoms with Crippen LogP contribution in [-0.4, -0.2) is 67.4 Å². The zero-order chi connectivity index (χ0) is 19.4. The third-order valence-corrected chi connectivity index (χ3v) is 4.94. The summed E-state index contributed by atoms with van der Waals surface area (Å²) in [4.78, 5) is 7.93. The quantitative estimate of drug-likeness (QED) is 0.709. The maximum absolute atomic E-state index is 6.01. The van der Waals surface area contributed by atoms with Gasteiger partial charge in [0, 0.05) is 31.6 Å². The van der Waals surface area contributed by atoms with E-state index in [-0.39, 0.29) is 0 Å². The van der Waals surface area contributed by atoms with Gasteiger partial charge in [0.2, 0.25) is 12.0 Å². The molecule has 1 saturated heterocycles. The Hall–Kier alpha value is -2.65. The summed E-state index contributed by atoms with van der Waals surface area (Å²) in [5.41, 5.74) is 0.940. The second kappa shape index (κ2) is 8.15. The molecule has 1 fully saturated rings. The van der Waals surface area contributed by atoms with Crippen molar-refractivity contribution >= 4 is 5.71 Å². The minimum atomic E-state index is -0.761. The number of methoxy groups -OCH3 is 1. The second-order valence-corrected chi connectivity index (χ2v) is 6.95. The Balaban J connectivity index is 1.43. The van der Waals surface area contributed by atoms with E-state index in [1.165, 1.54) is 6.39 Å². The maximum atomic E-state index is 6.01. The van der Waals surface area contributed by atoms with E-state index in [4.69, 9.17) is 23.5 Å². The van der Waals surface area contributed by atoms with E-state index in [9.17, 15) is 0 Å². The monoisotopic (exact) mass is 388 g/mol. The van der Waals surface area contributed by atoms with Gasteiger partial charge < -0.3 is 23.5 Å². The molecule has 3 heterocycles. The predicted octanol–water partition coefficient (Wildman–Crippen LogP) is 1.83. The first kappa shape index (κ1) is 18.7. The molecule has 0 radical (unpaired) electrons. The smallest absolute Gasteiger partial charge is 0.262 e. The van der Waals surface area contributed by atoms with Gasteiger partial charge in [0.1, 0.15) is 6.61 Å². The topological polar surface area (TPSA) is 91.4 Å². The summed E-state index contributed by atoms with van der Waals surface area (Å²) in [6.07, 6.45) is 1.81. The van der Waals surface area contributed by atoms with Gasteiger partial charge in [-0.15, -0.1) is 10.2 Å². The lowest BCUT2D eigenvalue weighted by molar-refractivity contribution is -0.0279. The number of nitrogens with zero attached hydrogens (tertiary/aromatic N) is 4. The summed E-state index contributed by atoms with van der Waals surface area (Å²) in [7, 11) is 1.63. The van der Waals surface area contributed by atoms with Crippen molar-refractivity contribution in [2.24, 2.45) is 5.16 Å². The number of ether oxygens (including phenoxy) is 3. The largest absolute Gasteiger partial charge is 0.493 e. The predicted molar refractivity (Wildman–Crippen MR) is 99.6 cm³/mol. The molecule has 2 aliphatic rings. The number of hydrogen-bond donors (Lipinski definition) is 0. The van der Waals surface area contributed by atoms with E-state index >= 15 is 0 Å². The highest BCUT2D eigenvalue weighted by atomic mass is 16.7. The third-order valence-electron chi connectivity index (χ3n) is 4.94. The molecule has 2 aromatic rings. The Labute approximate surface area is 163 Å². The van der Waals surface area contributed by atoms with Crippen molar-refractivity contribution in [1.29, 1.82) is 0 Å². The molecule has 0 amide bonds. The van der Waals surface area contributed by atoms with E-state index in [0.29, 0.717) is 30.4 Å². The van der Waals surface area contributed by atoms with Crippen LogP contribution in [0.5, 0.6) is 11.5 Å². The van der Waals surface area contributed by atoms with Gasteiger partial charge >= 0.3 is 0 Å². The third kappa shape index (κ3) is 3.95. The van der Waals surface area contributed by atoms with Crippen LogP contribution in [0.1, 0.15) is 24.8 Å². The van der Waals surface area contributed by atoms with Gasteiger partial charge in [0.25, 0.3) is 5.89 Å². The summed E-state index contributed by atoms with van der Waals surface area (Å²) in [5.74, 6) is 1.77. The Bertz CT molecular complexity index is 820. The van der Waals surface area contributed by atoms with Gasteiger partial charge in [-0.05, 0) is 25.1 Å². The van der Waals surface area contributed by atoms with Crippen molar-refractivity contribution in [3.05, 3.63) is 36.0 Å². The van der Waals surface area contributed by atoms with Gasteiger partial charge in [-0.2, -0.15) is 0 Å². The lowest BCUT2D eigenvalue weighted by Gasteiger charge is -2.26. The molecule has 0 N–H and O–H groups in total. The van der Waals surface area contributed by atoms with Crippen LogP contribution in [0.4, 0.5) is 0 Å². The fourth-order valence-corrected chi connectivity index (χ4v) is 3.29. The minimum Gasteiger partial charge on any atom is -0.493 e. The molecular formula is C19H24N4O5. The Morgan fingerprint density at radius 2 is 2.07 bits per heavy atom. The lowest BCUT2D eigenvalue weighted by atomic mass is 9.95. The average Bonchev–Trinajstić information content (AvgIpc) is 3.40. The first-order chi connectivity index (χ1) is 13.7. The zero-order valence-electron chi connectivity index (χ0n) is 16.1.